The van der Waals surface area contributed by atoms with Gasteiger partial charge in [0.1, 0.15) is 5.75 Å². The number of thioether (sulfide) groups is 1. The van der Waals surface area contributed by atoms with Crippen molar-refractivity contribution in [2.24, 2.45) is 0 Å². The summed E-state index contributed by atoms with van der Waals surface area (Å²) in [4.78, 5) is 12.9. The second-order valence-electron chi connectivity index (χ2n) is 8.45. The lowest BCUT2D eigenvalue weighted by atomic mass is 10.0. The van der Waals surface area contributed by atoms with Gasteiger partial charge < -0.3 is 10.1 Å². The smallest absolute Gasteiger partial charge is 0.251 e. The van der Waals surface area contributed by atoms with Crippen molar-refractivity contribution in [3.05, 3.63) is 101 Å². The number of para-hydroxylation sites is 1. The van der Waals surface area contributed by atoms with Crippen molar-refractivity contribution in [1.82, 2.24) is 20.1 Å². The molecule has 0 spiro atoms. The molecule has 1 aromatic heterocycles. The molecule has 1 N–H and O–H groups in total. The number of nitrogens with one attached hydrogen (secondary N) is 1. The molecule has 0 aliphatic carbocycles. The summed E-state index contributed by atoms with van der Waals surface area (Å²) in [6.45, 7) is 6.76. The average Bonchev–Trinajstić information content (AvgIpc) is 3.33. The Kier molecular flexibility index (Phi) is 8.44. The highest BCUT2D eigenvalue weighted by Gasteiger charge is 2.22. The number of hydrogen-bond acceptors (Lipinski definition) is 5. The number of carbonyl (C=O) groups is 1. The number of methoxy groups -OCH3 is 1. The average molecular weight is 501 g/mol. The van der Waals surface area contributed by atoms with E-state index in [0.29, 0.717) is 17.1 Å². The molecule has 186 valence electrons. The van der Waals surface area contributed by atoms with E-state index in [4.69, 9.17) is 4.74 Å². The van der Waals surface area contributed by atoms with E-state index in [1.165, 1.54) is 16.7 Å². The van der Waals surface area contributed by atoms with Crippen LogP contribution in [0.15, 0.2) is 78.0 Å². The Morgan fingerprint density at radius 2 is 1.61 bits per heavy atom. The molecule has 0 bridgehead atoms. The van der Waals surface area contributed by atoms with Gasteiger partial charge in [0.2, 0.25) is 0 Å². The quantitative estimate of drug-likeness (QED) is 0.263. The SMILES string of the molecule is CCc1cccc(CC)c1-n1c(CNC(=O)c2ccc(OC)cc2)nnc1SC(C)c1ccccc1. The van der Waals surface area contributed by atoms with E-state index in [1.807, 2.05) is 6.07 Å². The molecule has 1 atom stereocenters. The van der Waals surface area contributed by atoms with Crippen LogP contribution in [0.2, 0.25) is 0 Å². The van der Waals surface area contributed by atoms with Crippen molar-refractivity contribution in [2.45, 2.75) is 50.6 Å². The van der Waals surface area contributed by atoms with Crippen molar-refractivity contribution in [2.75, 3.05) is 7.11 Å². The predicted molar refractivity (Wildman–Crippen MR) is 145 cm³/mol. The van der Waals surface area contributed by atoms with Gasteiger partial charge in [0.25, 0.3) is 5.91 Å². The number of hydrogen-bond donors (Lipinski definition) is 1. The summed E-state index contributed by atoms with van der Waals surface area (Å²) >= 11 is 1.67. The molecule has 6 nitrogen and oxygen atoms in total. The number of ether oxygens (including phenoxy) is 1. The zero-order valence-corrected chi connectivity index (χ0v) is 22.0. The van der Waals surface area contributed by atoms with Gasteiger partial charge in [0, 0.05) is 10.8 Å². The third kappa shape index (κ3) is 5.62. The molecule has 1 amide bonds. The van der Waals surface area contributed by atoms with Gasteiger partial charge in [-0.25, -0.2) is 0 Å². The molecule has 0 fully saturated rings. The summed E-state index contributed by atoms with van der Waals surface area (Å²) in [5.74, 6) is 1.25. The first-order valence-corrected chi connectivity index (χ1v) is 13.1. The maximum absolute atomic E-state index is 12.9. The summed E-state index contributed by atoms with van der Waals surface area (Å²) in [7, 11) is 1.61. The second kappa shape index (κ2) is 11.9. The molecular formula is C29H32N4O2S. The third-order valence-electron chi connectivity index (χ3n) is 6.20. The van der Waals surface area contributed by atoms with E-state index >= 15 is 0 Å². The molecule has 1 heterocycles. The molecule has 4 aromatic rings. The van der Waals surface area contributed by atoms with Crippen molar-refractivity contribution >= 4 is 17.7 Å². The molecule has 1 unspecified atom stereocenters. The molecule has 0 saturated carbocycles. The van der Waals surface area contributed by atoms with E-state index in [9.17, 15) is 4.79 Å². The highest BCUT2D eigenvalue weighted by Crippen LogP contribution is 2.36. The summed E-state index contributed by atoms with van der Waals surface area (Å²) in [6.07, 6.45) is 1.77. The minimum absolute atomic E-state index is 0.168. The number of carbonyl (C=O) groups excluding carboxylic acids is 1. The van der Waals surface area contributed by atoms with E-state index in [1.54, 1.807) is 43.1 Å². The Morgan fingerprint density at radius 3 is 2.22 bits per heavy atom. The summed E-state index contributed by atoms with van der Waals surface area (Å²) in [5.41, 5.74) is 5.37. The van der Waals surface area contributed by atoms with Crippen LogP contribution in [0.3, 0.4) is 0 Å². The Labute approximate surface area is 217 Å². The van der Waals surface area contributed by atoms with Gasteiger partial charge in [-0.1, -0.05) is 74.1 Å². The van der Waals surface area contributed by atoms with Crippen molar-refractivity contribution in [1.29, 1.82) is 0 Å². The normalized spacial score (nSPS) is 11.8. The van der Waals surface area contributed by atoms with E-state index in [2.05, 4.69) is 83.3 Å². The molecule has 0 radical (unpaired) electrons. The van der Waals surface area contributed by atoms with Gasteiger partial charge >= 0.3 is 0 Å². The first-order chi connectivity index (χ1) is 17.5. The first-order valence-electron chi connectivity index (χ1n) is 12.2. The Balaban J connectivity index is 1.68. The Bertz CT molecular complexity index is 1280. The van der Waals surface area contributed by atoms with Crippen LogP contribution in [-0.2, 0) is 19.4 Å². The van der Waals surface area contributed by atoms with Crippen LogP contribution in [0.1, 0.15) is 58.9 Å². The Morgan fingerprint density at radius 1 is 0.944 bits per heavy atom. The zero-order valence-electron chi connectivity index (χ0n) is 21.2. The maximum Gasteiger partial charge on any atom is 0.251 e. The van der Waals surface area contributed by atoms with Crippen LogP contribution in [0.25, 0.3) is 5.69 Å². The standard InChI is InChI=1S/C29H32N4O2S/c1-5-21-13-10-14-22(6-2)27(21)33-26(19-30-28(34)24-15-17-25(35-4)18-16-24)31-32-29(33)36-20(3)23-11-8-7-9-12-23/h7-18,20H,5-6,19H2,1-4H3,(H,30,34). The molecule has 7 heteroatoms. The van der Waals surface area contributed by atoms with E-state index < -0.39 is 0 Å². The summed E-state index contributed by atoms with van der Waals surface area (Å²) < 4.78 is 7.33. The zero-order chi connectivity index (χ0) is 25.5. The minimum Gasteiger partial charge on any atom is -0.497 e. The minimum atomic E-state index is -0.168. The number of nitrogens with zero attached hydrogens (tertiary/aromatic N) is 3. The van der Waals surface area contributed by atoms with E-state index in [-0.39, 0.29) is 17.7 Å². The van der Waals surface area contributed by atoms with Crippen LogP contribution < -0.4 is 10.1 Å². The van der Waals surface area contributed by atoms with Gasteiger partial charge in [-0.05, 0) is 60.7 Å². The van der Waals surface area contributed by atoms with Crippen molar-refractivity contribution in [3.8, 4) is 11.4 Å². The molecule has 0 aliphatic heterocycles. The van der Waals surface area contributed by atoms with Crippen LogP contribution in [0.5, 0.6) is 5.75 Å². The predicted octanol–water partition coefficient (Wildman–Crippen LogP) is 6.18. The largest absolute Gasteiger partial charge is 0.497 e. The molecule has 4 rings (SSSR count). The highest BCUT2D eigenvalue weighted by molar-refractivity contribution is 7.99. The fraction of sp³-hybridized carbons (Fsp3) is 0.276. The van der Waals surface area contributed by atoms with E-state index in [0.717, 1.165) is 23.7 Å². The lowest BCUT2D eigenvalue weighted by Gasteiger charge is -2.19. The van der Waals surface area contributed by atoms with Gasteiger partial charge in [-0.2, -0.15) is 0 Å². The van der Waals surface area contributed by atoms with Crippen LogP contribution in [0, 0.1) is 0 Å². The van der Waals surface area contributed by atoms with Crippen LogP contribution in [-0.4, -0.2) is 27.8 Å². The maximum atomic E-state index is 12.9. The molecule has 0 aliphatic rings. The van der Waals surface area contributed by atoms with Crippen LogP contribution in [0.4, 0.5) is 0 Å². The van der Waals surface area contributed by atoms with Crippen molar-refractivity contribution in [3.63, 3.8) is 0 Å². The van der Waals surface area contributed by atoms with Gasteiger partial charge in [0.15, 0.2) is 11.0 Å². The van der Waals surface area contributed by atoms with Gasteiger partial charge in [-0.15, -0.1) is 10.2 Å². The van der Waals surface area contributed by atoms with Gasteiger partial charge in [0.05, 0.1) is 19.3 Å². The number of rotatable bonds is 10. The second-order valence-corrected chi connectivity index (χ2v) is 9.76. The molecule has 0 saturated heterocycles. The molecule has 36 heavy (non-hydrogen) atoms. The first kappa shape index (κ1) is 25.5. The lowest BCUT2D eigenvalue weighted by Crippen LogP contribution is -2.25. The molecular weight excluding hydrogens is 468 g/mol. The lowest BCUT2D eigenvalue weighted by molar-refractivity contribution is 0.0949. The fourth-order valence-electron chi connectivity index (χ4n) is 4.17. The monoisotopic (exact) mass is 500 g/mol. The summed E-state index contributed by atoms with van der Waals surface area (Å²) in [6, 6.07) is 23.9. The molecule has 3 aromatic carbocycles. The van der Waals surface area contributed by atoms with Crippen molar-refractivity contribution < 1.29 is 9.53 Å². The number of aromatic nitrogens is 3. The Hall–Kier alpha value is -3.58. The topological polar surface area (TPSA) is 69.0 Å². The number of aryl methyl sites for hydroxylation is 2. The highest BCUT2D eigenvalue weighted by atomic mass is 32.2. The number of benzene rings is 3. The summed E-state index contributed by atoms with van der Waals surface area (Å²) in [5, 5.41) is 13.2. The number of amides is 1. The fourth-order valence-corrected chi connectivity index (χ4v) is 5.17. The third-order valence-corrected chi connectivity index (χ3v) is 7.30. The van der Waals surface area contributed by atoms with Gasteiger partial charge in [-0.3, -0.25) is 9.36 Å². The van der Waals surface area contributed by atoms with Crippen LogP contribution >= 0.6 is 11.8 Å².